The van der Waals surface area contributed by atoms with Crippen LogP contribution in [0.3, 0.4) is 0 Å². The Morgan fingerprint density at radius 1 is 1.08 bits per heavy atom. The molecule has 26 heavy (non-hydrogen) atoms. The molecule has 3 rings (SSSR count). The summed E-state index contributed by atoms with van der Waals surface area (Å²) in [5.41, 5.74) is 1.85. The summed E-state index contributed by atoms with van der Waals surface area (Å²) in [6.07, 6.45) is 3.23. The predicted octanol–water partition coefficient (Wildman–Crippen LogP) is 2.97. The van der Waals surface area contributed by atoms with Gasteiger partial charge in [0.1, 0.15) is 0 Å². The molecule has 0 saturated carbocycles. The van der Waals surface area contributed by atoms with Gasteiger partial charge in [-0.1, -0.05) is 6.92 Å². The summed E-state index contributed by atoms with van der Waals surface area (Å²) in [5, 5.41) is 8.84. The Hall–Kier alpha value is -2.15. The number of pyridine rings is 1. The second kappa shape index (κ2) is 10.1. The van der Waals surface area contributed by atoms with Gasteiger partial charge in [-0.2, -0.15) is 0 Å². The molecule has 1 saturated heterocycles. The molecular formula is C18H22Cl2N4O2. The van der Waals surface area contributed by atoms with E-state index < -0.39 is 0 Å². The number of amides is 2. The minimum atomic E-state index is -0.213. The molecule has 0 spiro atoms. The van der Waals surface area contributed by atoms with Gasteiger partial charge in [0.25, 0.3) is 5.91 Å². The molecule has 1 aliphatic heterocycles. The van der Waals surface area contributed by atoms with Crippen molar-refractivity contribution >= 4 is 48.0 Å². The van der Waals surface area contributed by atoms with Gasteiger partial charge in [-0.05, 0) is 55.4 Å². The van der Waals surface area contributed by atoms with E-state index in [1.807, 2.05) is 6.92 Å². The van der Waals surface area contributed by atoms with Gasteiger partial charge in [-0.3, -0.25) is 14.6 Å². The monoisotopic (exact) mass is 396 g/mol. The number of nitrogens with one attached hydrogen (secondary N) is 3. The molecule has 2 amide bonds. The van der Waals surface area contributed by atoms with Crippen molar-refractivity contribution in [3.8, 4) is 0 Å². The van der Waals surface area contributed by atoms with Gasteiger partial charge >= 0.3 is 0 Å². The Labute approximate surface area is 165 Å². The largest absolute Gasteiger partial charge is 0.326 e. The Bertz CT molecular complexity index is 722. The lowest BCUT2D eigenvalue weighted by atomic mass is 9.88. The number of benzene rings is 1. The van der Waals surface area contributed by atoms with Crippen molar-refractivity contribution in [3.63, 3.8) is 0 Å². The van der Waals surface area contributed by atoms with Gasteiger partial charge in [-0.15, -0.1) is 24.8 Å². The average Bonchev–Trinajstić information content (AvgIpc) is 2.54. The summed E-state index contributed by atoms with van der Waals surface area (Å²) in [5.74, 6) is 0.165. The molecule has 8 heteroatoms. The highest BCUT2D eigenvalue weighted by molar-refractivity contribution is 6.04. The van der Waals surface area contributed by atoms with Crippen LogP contribution in [-0.2, 0) is 4.79 Å². The number of nitrogens with zero attached hydrogens (tertiary/aromatic N) is 1. The summed E-state index contributed by atoms with van der Waals surface area (Å²) < 4.78 is 0. The molecule has 0 aliphatic carbocycles. The lowest BCUT2D eigenvalue weighted by Gasteiger charge is -2.31. The minimum Gasteiger partial charge on any atom is -0.326 e. The van der Waals surface area contributed by atoms with Gasteiger partial charge in [0.05, 0.1) is 11.9 Å². The zero-order valence-corrected chi connectivity index (χ0v) is 15.9. The zero-order chi connectivity index (χ0) is 16.9. The summed E-state index contributed by atoms with van der Waals surface area (Å²) >= 11 is 0. The van der Waals surface area contributed by atoms with E-state index in [1.165, 1.54) is 0 Å². The van der Waals surface area contributed by atoms with Crippen LogP contribution in [0.1, 0.15) is 17.3 Å². The molecule has 2 heterocycles. The standard InChI is InChI=1S/C18H20N4O2.2ClH/c1-12(14-9-20-10-14)17(23)21-15-6-4-13(5-7-15)18(24)22-16-3-2-8-19-11-16;;/h2-8,11-12,14,20H,9-10H2,1H3,(H,21,23)(H,22,24);2*1H. The molecule has 3 N–H and O–H groups in total. The number of halogens is 2. The lowest BCUT2D eigenvalue weighted by molar-refractivity contribution is -0.121. The summed E-state index contributed by atoms with van der Waals surface area (Å²) in [4.78, 5) is 28.3. The number of carbonyl (C=O) groups is 2. The number of hydrogen-bond acceptors (Lipinski definition) is 4. The van der Waals surface area contributed by atoms with Crippen molar-refractivity contribution in [1.29, 1.82) is 0 Å². The van der Waals surface area contributed by atoms with Crippen LogP contribution in [0.15, 0.2) is 48.8 Å². The second-order valence-electron chi connectivity index (χ2n) is 5.97. The third-order valence-corrected chi connectivity index (χ3v) is 4.27. The van der Waals surface area contributed by atoms with E-state index in [0.717, 1.165) is 13.1 Å². The van der Waals surface area contributed by atoms with Crippen molar-refractivity contribution in [3.05, 3.63) is 54.4 Å². The Balaban J connectivity index is 0.00000169. The first-order valence-electron chi connectivity index (χ1n) is 7.96. The van der Waals surface area contributed by atoms with Crippen molar-refractivity contribution in [2.75, 3.05) is 23.7 Å². The third-order valence-electron chi connectivity index (χ3n) is 4.27. The van der Waals surface area contributed by atoms with Crippen molar-refractivity contribution in [2.24, 2.45) is 11.8 Å². The number of hydrogen-bond donors (Lipinski definition) is 3. The molecule has 0 radical (unpaired) electrons. The fraction of sp³-hybridized carbons (Fsp3) is 0.278. The van der Waals surface area contributed by atoms with E-state index in [0.29, 0.717) is 22.9 Å². The number of anilines is 2. The second-order valence-corrected chi connectivity index (χ2v) is 5.97. The quantitative estimate of drug-likeness (QED) is 0.725. The molecule has 1 aromatic heterocycles. The zero-order valence-electron chi connectivity index (χ0n) is 14.3. The number of rotatable bonds is 5. The van der Waals surface area contributed by atoms with Crippen LogP contribution in [0.25, 0.3) is 0 Å². The van der Waals surface area contributed by atoms with Crippen LogP contribution in [-0.4, -0.2) is 29.9 Å². The van der Waals surface area contributed by atoms with E-state index in [4.69, 9.17) is 0 Å². The van der Waals surface area contributed by atoms with Crippen LogP contribution in [0.4, 0.5) is 11.4 Å². The highest BCUT2D eigenvalue weighted by Crippen LogP contribution is 2.19. The summed E-state index contributed by atoms with van der Waals surface area (Å²) in [7, 11) is 0. The topological polar surface area (TPSA) is 83.1 Å². The van der Waals surface area contributed by atoms with Gasteiger partial charge in [0.15, 0.2) is 0 Å². The van der Waals surface area contributed by atoms with Gasteiger partial charge < -0.3 is 16.0 Å². The maximum absolute atomic E-state index is 12.2. The molecule has 140 valence electrons. The highest BCUT2D eigenvalue weighted by atomic mass is 35.5. The summed E-state index contributed by atoms with van der Waals surface area (Å²) in [6.45, 7) is 3.72. The van der Waals surface area contributed by atoms with E-state index in [9.17, 15) is 9.59 Å². The molecular weight excluding hydrogens is 375 g/mol. The normalized spacial score (nSPS) is 14.0. The predicted molar refractivity (Wildman–Crippen MR) is 107 cm³/mol. The fourth-order valence-electron chi connectivity index (χ4n) is 2.48. The average molecular weight is 397 g/mol. The van der Waals surface area contributed by atoms with E-state index >= 15 is 0 Å². The molecule has 6 nitrogen and oxygen atoms in total. The number of carbonyl (C=O) groups excluding carboxylic acids is 2. The van der Waals surface area contributed by atoms with Crippen molar-refractivity contribution in [1.82, 2.24) is 10.3 Å². The molecule has 1 fully saturated rings. The molecule has 0 bridgehead atoms. The minimum absolute atomic E-state index is 0. The highest BCUT2D eigenvalue weighted by Gasteiger charge is 2.28. The van der Waals surface area contributed by atoms with Crippen LogP contribution in [0.2, 0.25) is 0 Å². The molecule has 1 aliphatic rings. The van der Waals surface area contributed by atoms with E-state index in [-0.39, 0.29) is 42.5 Å². The summed E-state index contributed by atoms with van der Waals surface area (Å²) in [6, 6.07) is 10.4. The van der Waals surface area contributed by atoms with Gasteiger partial charge in [-0.25, -0.2) is 0 Å². The molecule has 1 aromatic carbocycles. The Morgan fingerprint density at radius 3 is 2.31 bits per heavy atom. The Morgan fingerprint density at radius 2 is 1.77 bits per heavy atom. The van der Waals surface area contributed by atoms with Gasteiger partial charge in [0.2, 0.25) is 5.91 Å². The SMILES string of the molecule is CC(C(=O)Nc1ccc(C(=O)Nc2cccnc2)cc1)C1CNC1.Cl.Cl. The van der Waals surface area contributed by atoms with Crippen molar-refractivity contribution < 1.29 is 9.59 Å². The van der Waals surface area contributed by atoms with Gasteiger partial charge in [0, 0.05) is 23.4 Å². The number of aromatic nitrogens is 1. The van der Waals surface area contributed by atoms with E-state index in [1.54, 1.807) is 48.8 Å². The van der Waals surface area contributed by atoms with Crippen LogP contribution >= 0.6 is 24.8 Å². The van der Waals surface area contributed by atoms with Crippen molar-refractivity contribution in [2.45, 2.75) is 6.92 Å². The lowest BCUT2D eigenvalue weighted by Crippen LogP contribution is -2.48. The molecule has 1 atom stereocenters. The maximum atomic E-state index is 12.2. The first-order valence-corrected chi connectivity index (χ1v) is 7.96. The smallest absolute Gasteiger partial charge is 0.255 e. The first kappa shape index (κ1) is 21.9. The van der Waals surface area contributed by atoms with Crippen LogP contribution in [0, 0.1) is 11.8 Å². The van der Waals surface area contributed by atoms with Crippen LogP contribution in [0.5, 0.6) is 0 Å². The maximum Gasteiger partial charge on any atom is 0.255 e. The van der Waals surface area contributed by atoms with E-state index in [2.05, 4.69) is 20.9 Å². The fourth-order valence-corrected chi connectivity index (χ4v) is 2.48. The first-order chi connectivity index (χ1) is 11.6. The molecule has 2 aromatic rings. The third kappa shape index (κ3) is 5.42. The Kier molecular flexibility index (Phi) is 8.51. The van der Waals surface area contributed by atoms with Crippen LogP contribution < -0.4 is 16.0 Å². The molecule has 1 unspecified atom stereocenters.